The molecule has 0 bridgehead atoms. The van der Waals surface area contributed by atoms with Gasteiger partial charge in [0.05, 0.1) is 11.8 Å². The Morgan fingerprint density at radius 1 is 0.917 bits per heavy atom. The molecule has 1 N–H and O–H groups in total. The van der Waals surface area contributed by atoms with E-state index in [1.54, 1.807) is 36.4 Å². The van der Waals surface area contributed by atoms with E-state index in [9.17, 15) is 13.6 Å². The molecular weight excluding hydrogens is 312 g/mol. The second-order valence-electron chi connectivity index (χ2n) is 4.99. The summed E-state index contributed by atoms with van der Waals surface area (Å²) < 4.78 is 32.8. The molecule has 5 heteroatoms. The number of rotatable bonds is 4. The molecule has 0 aliphatic rings. The number of hydrogen-bond donors (Lipinski definition) is 1. The molecule has 0 spiro atoms. The van der Waals surface area contributed by atoms with Crippen molar-refractivity contribution in [1.82, 2.24) is 0 Å². The summed E-state index contributed by atoms with van der Waals surface area (Å²) in [4.78, 5) is 12.6. The van der Waals surface area contributed by atoms with Crippen molar-refractivity contribution in [1.29, 1.82) is 0 Å². The summed E-state index contributed by atoms with van der Waals surface area (Å²) in [5, 5.41) is 2.29. The molecule has 2 aromatic carbocycles. The van der Waals surface area contributed by atoms with E-state index in [1.807, 2.05) is 6.07 Å². The van der Waals surface area contributed by atoms with Gasteiger partial charge in [0, 0.05) is 0 Å². The van der Waals surface area contributed by atoms with Crippen LogP contribution < -0.4 is 5.32 Å². The average molecular weight is 325 g/mol. The second-order valence-corrected chi connectivity index (χ2v) is 4.99. The number of nitrogens with one attached hydrogen (secondary N) is 1. The van der Waals surface area contributed by atoms with E-state index in [4.69, 9.17) is 4.42 Å². The van der Waals surface area contributed by atoms with E-state index in [0.717, 1.165) is 12.1 Å². The standard InChI is InChI=1S/C19H13F2NO2/c20-16-9-4-10-17(21)18(16)22-19(23)15(12-14-8-5-11-24-14)13-6-2-1-3-7-13/h1-12H,(H,22,23)/b15-12-. The van der Waals surface area contributed by atoms with Gasteiger partial charge in [0.15, 0.2) is 0 Å². The third-order valence-corrected chi connectivity index (χ3v) is 3.36. The van der Waals surface area contributed by atoms with Gasteiger partial charge in [0.25, 0.3) is 5.91 Å². The maximum Gasteiger partial charge on any atom is 0.256 e. The largest absolute Gasteiger partial charge is 0.465 e. The van der Waals surface area contributed by atoms with Crippen molar-refractivity contribution in [3.05, 3.63) is 89.9 Å². The molecule has 1 amide bonds. The molecule has 0 aliphatic carbocycles. The molecule has 3 aromatic rings. The third kappa shape index (κ3) is 3.41. The fourth-order valence-electron chi connectivity index (χ4n) is 2.21. The summed E-state index contributed by atoms with van der Waals surface area (Å²) in [5.74, 6) is -1.86. The monoisotopic (exact) mass is 325 g/mol. The molecule has 0 radical (unpaired) electrons. The molecule has 0 saturated carbocycles. The number of benzene rings is 2. The molecule has 120 valence electrons. The highest BCUT2D eigenvalue weighted by atomic mass is 19.1. The Bertz CT molecular complexity index is 851. The van der Waals surface area contributed by atoms with Crippen LogP contribution in [0.2, 0.25) is 0 Å². The highest BCUT2D eigenvalue weighted by Crippen LogP contribution is 2.23. The van der Waals surface area contributed by atoms with Gasteiger partial charge in [-0.1, -0.05) is 36.4 Å². The fourth-order valence-corrected chi connectivity index (χ4v) is 2.21. The van der Waals surface area contributed by atoms with E-state index in [0.29, 0.717) is 11.3 Å². The lowest BCUT2D eigenvalue weighted by Crippen LogP contribution is -2.15. The normalized spacial score (nSPS) is 11.3. The highest BCUT2D eigenvalue weighted by Gasteiger charge is 2.17. The van der Waals surface area contributed by atoms with Crippen LogP contribution in [0.25, 0.3) is 11.6 Å². The first-order chi connectivity index (χ1) is 11.6. The molecule has 1 aromatic heterocycles. The molecule has 24 heavy (non-hydrogen) atoms. The van der Waals surface area contributed by atoms with E-state index in [2.05, 4.69) is 5.32 Å². The SMILES string of the molecule is O=C(Nc1c(F)cccc1F)/C(=C\c1ccco1)c1ccccc1. The van der Waals surface area contributed by atoms with Gasteiger partial charge in [-0.25, -0.2) is 8.78 Å². The van der Waals surface area contributed by atoms with Crippen LogP contribution in [0, 0.1) is 11.6 Å². The number of para-hydroxylation sites is 1. The fraction of sp³-hybridized carbons (Fsp3) is 0. The zero-order valence-corrected chi connectivity index (χ0v) is 12.5. The lowest BCUT2D eigenvalue weighted by Gasteiger charge is -2.10. The molecule has 0 aliphatic heterocycles. The molecule has 0 atom stereocenters. The summed E-state index contributed by atoms with van der Waals surface area (Å²) in [6.07, 6.45) is 2.99. The molecule has 1 heterocycles. The Balaban J connectivity index is 1.98. The number of carbonyl (C=O) groups excluding carboxylic acids is 1. The van der Waals surface area contributed by atoms with Gasteiger partial charge < -0.3 is 9.73 Å². The zero-order valence-electron chi connectivity index (χ0n) is 12.5. The lowest BCUT2D eigenvalue weighted by molar-refractivity contribution is -0.111. The quantitative estimate of drug-likeness (QED) is 0.704. The van der Waals surface area contributed by atoms with Crippen LogP contribution in [-0.2, 0) is 4.79 Å². The summed E-state index contributed by atoms with van der Waals surface area (Å²) in [5.41, 5.74) is 0.347. The molecule has 0 saturated heterocycles. The van der Waals surface area contributed by atoms with Crippen molar-refractivity contribution in [2.75, 3.05) is 5.32 Å². The lowest BCUT2D eigenvalue weighted by atomic mass is 10.0. The topological polar surface area (TPSA) is 42.2 Å². The van der Waals surface area contributed by atoms with Gasteiger partial charge >= 0.3 is 0 Å². The van der Waals surface area contributed by atoms with E-state index in [-0.39, 0.29) is 5.57 Å². The number of halogens is 2. The van der Waals surface area contributed by atoms with Crippen LogP contribution in [0.4, 0.5) is 14.5 Å². The van der Waals surface area contributed by atoms with Crippen molar-refractivity contribution in [2.24, 2.45) is 0 Å². The maximum atomic E-state index is 13.8. The van der Waals surface area contributed by atoms with Crippen LogP contribution in [0.15, 0.2) is 71.3 Å². The number of hydrogen-bond acceptors (Lipinski definition) is 2. The Kier molecular flexibility index (Phi) is 4.52. The van der Waals surface area contributed by atoms with Crippen molar-refractivity contribution in [2.45, 2.75) is 0 Å². The summed E-state index contributed by atoms with van der Waals surface area (Å²) in [6, 6.07) is 15.6. The van der Waals surface area contributed by atoms with Crippen molar-refractivity contribution < 1.29 is 18.0 Å². The van der Waals surface area contributed by atoms with Crippen LogP contribution in [0.5, 0.6) is 0 Å². The number of carbonyl (C=O) groups is 1. The Morgan fingerprint density at radius 3 is 2.25 bits per heavy atom. The predicted molar refractivity (Wildman–Crippen MR) is 88.0 cm³/mol. The van der Waals surface area contributed by atoms with Gasteiger partial charge in [-0.3, -0.25) is 4.79 Å². The third-order valence-electron chi connectivity index (χ3n) is 3.36. The summed E-state index contributed by atoms with van der Waals surface area (Å²) in [6.45, 7) is 0. The smallest absolute Gasteiger partial charge is 0.256 e. The van der Waals surface area contributed by atoms with Gasteiger partial charge in [0.1, 0.15) is 23.1 Å². The maximum absolute atomic E-state index is 13.8. The minimum Gasteiger partial charge on any atom is -0.465 e. The van der Waals surface area contributed by atoms with Crippen LogP contribution in [-0.4, -0.2) is 5.91 Å². The minimum atomic E-state index is -0.839. The summed E-state index contributed by atoms with van der Waals surface area (Å²) >= 11 is 0. The predicted octanol–water partition coefficient (Wildman–Crippen LogP) is 4.74. The number of furan rings is 1. The van der Waals surface area contributed by atoms with Gasteiger partial charge in [-0.2, -0.15) is 0 Å². The summed E-state index contributed by atoms with van der Waals surface area (Å²) in [7, 11) is 0. The van der Waals surface area contributed by atoms with E-state index in [1.165, 1.54) is 18.4 Å². The molecular formula is C19H13F2NO2. The Morgan fingerprint density at radius 2 is 1.62 bits per heavy atom. The average Bonchev–Trinajstić information content (AvgIpc) is 3.10. The first kappa shape index (κ1) is 15.7. The second kappa shape index (κ2) is 6.91. The molecule has 0 unspecified atom stereocenters. The van der Waals surface area contributed by atoms with Crippen molar-refractivity contribution >= 4 is 23.2 Å². The Hall–Kier alpha value is -3.21. The molecule has 3 rings (SSSR count). The van der Waals surface area contributed by atoms with Gasteiger partial charge in [-0.15, -0.1) is 0 Å². The van der Waals surface area contributed by atoms with E-state index < -0.39 is 23.2 Å². The minimum absolute atomic E-state index is 0.230. The van der Waals surface area contributed by atoms with Crippen LogP contribution >= 0.6 is 0 Å². The first-order valence-electron chi connectivity index (χ1n) is 7.21. The van der Waals surface area contributed by atoms with Crippen LogP contribution in [0.3, 0.4) is 0 Å². The van der Waals surface area contributed by atoms with Gasteiger partial charge in [-0.05, 0) is 35.9 Å². The highest BCUT2D eigenvalue weighted by molar-refractivity contribution is 6.29. The van der Waals surface area contributed by atoms with Crippen LogP contribution in [0.1, 0.15) is 11.3 Å². The first-order valence-corrected chi connectivity index (χ1v) is 7.21. The Labute approximate surface area is 137 Å². The number of amides is 1. The van der Waals surface area contributed by atoms with E-state index >= 15 is 0 Å². The molecule has 0 fully saturated rings. The number of anilines is 1. The van der Waals surface area contributed by atoms with Crippen molar-refractivity contribution in [3.63, 3.8) is 0 Å². The zero-order chi connectivity index (χ0) is 16.9. The van der Waals surface area contributed by atoms with Crippen molar-refractivity contribution in [3.8, 4) is 0 Å². The van der Waals surface area contributed by atoms with Gasteiger partial charge in [0.2, 0.25) is 0 Å². The molecule has 3 nitrogen and oxygen atoms in total.